The van der Waals surface area contributed by atoms with Gasteiger partial charge in [-0.25, -0.2) is 4.39 Å². The number of thiocarbonyl (C=S) groups is 1. The van der Waals surface area contributed by atoms with Crippen LogP contribution in [0.2, 0.25) is 0 Å². The van der Waals surface area contributed by atoms with Crippen LogP contribution in [0.1, 0.15) is 16.7 Å². The van der Waals surface area contributed by atoms with Crippen molar-refractivity contribution in [2.45, 2.75) is 13.2 Å². The van der Waals surface area contributed by atoms with Gasteiger partial charge >= 0.3 is 0 Å². The quantitative estimate of drug-likeness (QED) is 0.290. The lowest BCUT2D eigenvalue weighted by Crippen LogP contribution is -2.27. The number of rotatable bonds is 8. The minimum Gasteiger partial charge on any atom is -0.497 e. The highest BCUT2D eigenvalue weighted by molar-refractivity contribution is 8.26. The van der Waals surface area contributed by atoms with Gasteiger partial charge in [-0.1, -0.05) is 54.3 Å². The molecule has 8 heteroatoms. The fourth-order valence-corrected chi connectivity index (χ4v) is 4.64. The summed E-state index contributed by atoms with van der Waals surface area (Å²) in [5, 5.41) is 0. The van der Waals surface area contributed by atoms with Crippen molar-refractivity contribution in [3.05, 3.63) is 94.1 Å². The lowest BCUT2D eigenvalue weighted by atomic mass is 10.1. The maximum Gasteiger partial charge on any atom is 0.266 e. The van der Waals surface area contributed by atoms with Gasteiger partial charge in [0.25, 0.3) is 5.91 Å². The first kappa shape index (κ1) is 23.8. The van der Waals surface area contributed by atoms with E-state index in [2.05, 4.69) is 0 Å². The molecule has 0 spiro atoms. The summed E-state index contributed by atoms with van der Waals surface area (Å²) in [7, 11) is 3.16. The number of hydrogen-bond donors (Lipinski definition) is 0. The Balaban J connectivity index is 1.47. The molecule has 1 aliphatic heterocycles. The third kappa shape index (κ3) is 5.58. The van der Waals surface area contributed by atoms with Crippen molar-refractivity contribution in [3.8, 4) is 17.2 Å². The fraction of sp³-hybridized carbons (Fsp3) is 0.154. The van der Waals surface area contributed by atoms with E-state index >= 15 is 0 Å². The van der Waals surface area contributed by atoms with Gasteiger partial charge in [0.15, 0.2) is 11.5 Å². The summed E-state index contributed by atoms with van der Waals surface area (Å²) in [6.45, 7) is 0.597. The van der Waals surface area contributed by atoms with Crippen molar-refractivity contribution in [1.82, 2.24) is 4.90 Å². The predicted octanol–water partition coefficient (Wildman–Crippen LogP) is 5.82. The molecular weight excluding hydrogens is 473 g/mol. The summed E-state index contributed by atoms with van der Waals surface area (Å²) >= 11 is 6.72. The number of hydrogen-bond acceptors (Lipinski definition) is 6. The molecule has 0 saturated carbocycles. The Bertz CT molecular complexity index is 1240. The number of amides is 1. The fourth-order valence-electron chi connectivity index (χ4n) is 3.38. The molecule has 3 aromatic carbocycles. The van der Waals surface area contributed by atoms with Crippen LogP contribution in [0.25, 0.3) is 6.08 Å². The first-order valence-corrected chi connectivity index (χ1v) is 11.6. The van der Waals surface area contributed by atoms with Crippen LogP contribution in [0.4, 0.5) is 4.39 Å². The number of methoxy groups -OCH3 is 2. The first-order valence-electron chi connectivity index (χ1n) is 10.4. The van der Waals surface area contributed by atoms with Gasteiger partial charge in [0.2, 0.25) is 0 Å². The van der Waals surface area contributed by atoms with Gasteiger partial charge in [-0.3, -0.25) is 9.69 Å². The molecule has 1 saturated heterocycles. The normalized spacial score (nSPS) is 14.6. The Morgan fingerprint density at radius 3 is 2.47 bits per heavy atom. The van der Waals surface area contributed by atoms with Crippen molar-refractivity contribution >= 4 is 40.3 Å². The Morgan fingerprint density at radius 2 is 1.76 bits per heavy atom. The van der Waals surface area contributed by atoms with Crippen molar-refractivity contribution in [3.63, 3.8) is 0 Å². The van der Waals surface area contributed by atoms with E-state index in [-0.39, 0.29) is 18.3 Å². The SMILES string of the molecule is COc1ccc(CN2C(=O)C(=Cc3ccc(OCc4cccc(F)c4)c(OC)c3)SC2=S)cc1. The smallest absolute Gasteiger partial charge is 0.266 e. The summed E-state index contributed by atoms with van der Waals surface area (Å²) in [6.07, 6.45) is 1.78. The number of thioether (sulfide) groups is 1. The van der Waals surface area contributed by atoms with Gasteiger partial charge < -0.3 is 14.2 Å². The summed E-state index contributed by atoms with van der Waals surface area (Å²) in [5.74, 6) is 1.34. The molecule has 0 bridgehead atoms. The number of nitrogens with zero attached hydrogens (tertiary/aromatic N) is 1. The molecule has 5 nitrogen and oxygen atoms in total. The highest BCUT2D eigenvalue weighted by Gasteiger charge is 2.32. The van der Waals surface area contributed by atoms with Gasteiger partial charge in [0.05, 0.1) is 25.7 Å². The van der Waals surface area contributed by atoms with Crippen LogP contribution in [0.3, 0.4) is 0 Å². The zero-order valence-electron chi connectivity index (χ0n) is 18.6. The van der Waals surface area contributed by atoms with E-state index in [0.717, 1.165) is 16.9 Å². The maximum absolute atomic E-state index is 13.4. The molecule has 34 heavy (non-hydrogen) atoms. The van der Waals surface area contributed by atoms with Crippen LogP contribution >= 0.6 is 24.0 Å². The van der Waals surface area contributed by atoms with Crippen LogP contribution in [0.5, 0.6) is 17.2 Å². The molecule has 1 amide bonds. The van der Waals surface area contributed by atoms with Gasteiger partial charge in [0.1, 0.15) is 22.5 Å². The van der Waals surface area contributed by atoms with Crippen LogP contribution in [-0.2, 0) is 17.9 Å². The monoisotopic (exact) mass is 495 g/mol. The van der Waals surface area contributed by atoms with E-state index in [9.17, 15) is 9.18 Å². The molecule has 3 aromatic rings. The Kier molecular flexibility index (Phi) is 7.49. The predicted molar refractivity (Wildman–Crippen MR) is 135 cm³/mol. The van der Waals surface area contributed by atoms with E-state index in [1.165, 1.54) is 23.9 Å². The van der Waals surface area contributed by atoms with Crippen LogP contribution < -0.4 is 14.2 Å². The van der Waals surface area contributed by atoms with Crippen molar-refractivity contribution in [2.24, 2.45) is 0 Å². The standard InChI is InChI=1S/C26H22FNO4S2/c1-30-21-9-6-17(7-10-21)15-28-25(29)24(34-26(28)33)14-18-8-11-22(23(13-18)31-2)32-16-19-4-3-5-20(27)12-19/h3-14H,15-16H2,1-2H3. The van der Waals surface area contributed by atoms with Gasteiger partial charge in [-0.2, -0.15) is 0 Å². The number of benzene rings is 3. The van der Waals surface area contributed by atoms with E-state index in [1.54, 1.807) is 49.5 Å². The van der Waals surface area contributed by atoms with Gasteiger partial charge in [-0.15, -0.1) is 0 Å². The van der Waals surface area contributed by atoms with Gasteiger partial charge in [-0.05, 0) is 59.2 Å². The average molecular weight is 496 g/mol. The topological polar surface area (TPSA) is 48.0 Å². The molecule has 0 aromatic heterocycles. The lowest BCUT2D eigenvalue weighted by Gasteiger charge is -2.14. The van der Waals surface area contributed by atoms with E-state index in [0.29, 0.717) is 32.8 Å². The Hall–Kier alpha value is -3.36. The second-order valence-electron chi connectivity index (χ2n) is 7.44. The first-order chi connectivity index (χ1) is 16.5. The number of halogens is 1. The number of carbonyl (C=O) groups excluding carboxylic acids is 1. The second kappa shape index (κ2) is 10.7. The molecule has 4 rings (SSSR count). The Labute approximate surface area is 207 Å². The molecule has 1 fully saturated rings. The van der Waals surface area contributed by atoms with E-state index in [4.69, 9.17) is 26.4 Å². The summed E-state index contributed by atoms with van der Waals surface area (Å²) in [6, 6.07) is 19.2. The van der Waals surface area contributed by atoms with Crippen molar-refractivity contribution < 1.29 is 23.4 Å². The minimum absolute atomic E-state index is 0.142. The summed E-state index contributed by atoms with van der Waals surface area (Å²) in [4.78, 5) is 15.1. The molecule has 1 heterocycles. The molecule has 1 aliphatic rings. The highest BCUT2D eigenvalue weighted by atomic mass is 32.2. The molecule has 174 valence electrons. The summed E-state index contributed by atoms with van der Waals surface area (Å²) in [5.41, 5.74) is 2.45. The van der Waals surface area contributed by atoms with Crippen LogP contribution in [0, 0.1) is 5.82 Å². The van der Waals surface area contributed by atoms with Crippen LogP contribution in [-0.4, -0.2) is 29.3 Å². The lowest BCUT2D eigenvalue weighted by molar-refractivity contribution is -0.122. The second-order valence-corrected chi connectivity index (χ2v) is 9.12. The van der Waals surface area contributed by atoms with Gasteiger partial charge in [0, 0.05) is 0 Å². The van der Waals surface area contributed by atoms with Crippen molar-refractivity contribution in [1.29, 1.82) is 0 Å². The summed E-state index contributed by atoms with van der Waals surface area (Å²) < 4.78 is 30.4. The molecule has 0 N–H and O–H groups in total. The molecule has 0 radical (unpaired) electrons. The minimum atomic E-state index is -0.312. The van der Waals surface area contributed by atoms with Crippen molar-refractivity contribution in [2.75, 3.05) is 14.2 Å². The Morgan fingerprint density at radius 1 is 0.971 bits per heavy atom. The number of carbonyl (C=O) groups is 1. The van der Waals surface area contributed by atoms with E-state index < -0.39 is 0 Å². The maximum atomic E-state index is 13.4. The van der Waals surface area contributed by atoms with E-state index in [1.807, 2.05) is 30.3 Å². The zero-order chi connectivity index (χ0) is 24.1. The third-order valence-electron chi connectivity index (χ3n) is 5.14. The third-order valence-corrected chi connectivity index (χ3v) is 6.52. The molecular formula is C26H22FNO4S2. The molecule has 0 aliphatic carbocycles. The molecule has 0 unspecified atom stereocenters. The largest absolute Gasteiger partial charge is 0.497 e. The number of ether oxygens (including phenoxy) is 3. The molecule has 0 atom stereocenters. The zero-order valence-corrected chi connectivity index (χ0v) is 20.3. The highest BCUT2D eigenvalue weighted by Crippen LogP contribution is 2.35. The van der Waals surface area contributed by atoms with Crippen LogP contribution in [0.15, 0.2) is 71.6 Å². The average Bonchev–Trinajstić information content (AvgIpc) is 3.11.